The van der Waals surface area contributed by atoms with Gasteiger partial charge in [0.25, 0.3) is 0 Å². The van der Waals surface area contributed by atoms with Crippen LogP contribution < -0.4 is 9.62 Å². The monoisotopic (exact) mass is 254 g/mol. The van der Waals surface area contributed by atoms with Crippen LogP contribution in [0.2, 0.25) is 0 Å². The van der Waals surface area contributed by atoms with E-state index < -0.39 is 10.0 Å². The highest BCUT2D eigenvalue weighted by Gasteiger charge is 2.25. The summed E-state index contributed by atoms with van der Waals surface area (Å²) in [7, 11) is -1.62. The first kappa shape index (κ1) is 12.4. The maximum absolute atomic E-state index is 12.2. The summed E-state index contributed by atoms with van der Waals surface area (Å²) >= 11 is 0. The van der Waals surface area contributed by atoms with Gasteiger partial charge in [0, 0.05) is 13.1 Å². The molecule has 4 nitrogen and oxygen atoms in total. The van der Waals surface area contributed by atoms with E-state index in [0.29, 0.717) is 5.69 Å². The number of hydrogen-bond donors (Lipinski definition) is 1. The molecule has 0 aliphatic carbocycles. The molecule has 1 atom stereocenters. The van der Waals surface area contributed by atoms with Crippen molar-refractivity contribution in [2.24, 2.45) is 0 Å². The van der Waals surface area contributed by atoms with Crippen molar-refractivity contribution in [3.05, 3.63) is 30.3 Å². The molecule has 94 valence electrons. The maximum atomic E-state index is 12.2. The summed E-state index contributed by atoms with van der Waals surface area (Å²) in [6.45, 7) is 0.926. The Labute approximate surface area is 103 Å². The average molecular weight is 254 g/mol. The zero-order chi connectivity index (χ0) is 12.3. The van der Waals surface area contributed by atoms with E-state index in [-0.39, 0.29) is 11.8 Å². The summed E-state index contributed by atoms with van der Waals surface area (Å²) in [5, 5.41) is 3.21. The Morgan fingerprint density at radius 3 is 2.65 bits per heavy atom. The smallest absolute Gasteiger partial charge is 0.236 e. The molecule has 0 bridgehead atoms. The SMILES string of the molecule is CN(c1ccccc1)S(=O)(=O)CC1CCCN1. The van der Waals surface area contributed by atoms with Crippen molar-refractivity contribution in [3.63, 3.8) is 0 Å². The molecule has 1 saturated heterocycles. The van der Waals surface area contributed by atoms with Gasteiger partial charge in [0.15, 0.2) is 0 Å². The molecule has 5 heteroatoms. The molecule has 1 unspecified atom stereocenters. The van der Waals surface area contributed by atoms with Gasteiger partial charge in [-0.2, -0.15) is 0 Å². The highest BCUT2D eigenvalue weighted by molar-refractivity contribution is 7.92. The number of rotatable bonds is 4. The topological polar surface area (TPSA) is 49.4 Å². The van der Waals surface area contributed by atoms with Gasteiger partial charge in [0.2, 0.25) is 10.0 Å². The van der Waals surface area contributed by atoms with E-state index in [1.807, 2.05) is 18.2 Å². The van der Waals surface area contributed by atoms with Crippen molar-refractivity contribution in [2.45, 2.75) is 18.9 Å². The molecule has 0 spiro atoms. The van der Waals surface area contributed by atoms with Crippen molar-refractivity contribution in [1.29, 1.82) is 0 Å². The Hall–Kier alpha value is -1.07. The van der Waals surface area contributed by atoms with Crippen LogP contribution in [0.25, 0.3) is 0 Å². The van der Waals surface area contributed by atoms with E-state index in [9.17, 15) is 8.42 Å². The van der Waals surface area contributed by atoms with Crippen molar-refractivity contribution in [2.75, 3.05) is 23.7 Å². The molecule has 0 amide bonds. The van der Waals surface area contributed by atoms with Gasteiger partial charge in [-0.05, 0) is 31.5 Å². The molecule has 1 fully saturated rings. The van der Waals surface area contributed by atoms with Gasteiger partial charge >= 0.3 is 0 Å². The number of para-hydroxylation sites is 1. The molecule has 2 rings (SSSR count). The van der Waals surface area contributed by atoms with E-state index in [0.717, 1.165) is 19.4 Å². The van der Waals surface area contributed by atoms with E-state index in [1.54, 1.807) is 19.2 Å². The quantitative estimate of drug-likeness (QED) is 0.878. The van der Waals surface area contributed by atoms with Crippen LogP contribution in [0.3, 0.4) is 0 Å². The number of anilines is 1. The highest BCUT2D eigenvalue weighted by atomic mass is 32.2. The molecule has 1 N–H and O–H groups in total. The van der Waals surface area contributed by atoms with Crippen molar-refractivity contribution in [1.82, 2.24) is 5.32 Å². The van der Waals surface area contributed by atoms with Gasteiger partial charge in [-0.3, -0.25) is 4.31 Å². The lowest BCUT2D eigenvalue weighted by molar-refractivity contribution is 0.575. The number of nitrogens with one attached hydrogen (secondary N) is 1. The summed E-state index contributed by atoms with van der Waals surface area (Å²) < 4.78 is 25.7. The van der Waals surface area contributed by atoms with Crippen molar-refractivity contribution < 1.29 is 8.42 Å². The predicted octanol–water partition coefficient (Wildman–Crippen LogP) is 1.20. The lowest BCUT2D eigenvalue weighted by Crippen LogP contribution is -2.37. The number of benzene rings is 1. The molecule has 1 aliphatic heterocycles. The van der Waals surface area contributed by atoms with E-state index in [4.69, 9.17) is 0 Å². The minimum Gasteiger partial charge on any atom is -0.313 e. The third kappa shape index (κ3) is 2.98. The Kier molecular flexibility index (Phi) is 3.69. The number of hydrogen-bond acceptors (Lipinski definition) is 3. The molecule has 0 saturated carbocycles. The van der Waals surface area contributed by atoms with Gasteiger partial charge in [-0.15, -0.1) is 0 Å². The third-order valence-electron chi connectivity index (χ3n) is 3.11. The molecule has 1 aliphatic rings. The fourth-order valence-electron chi connectivity index (χ4n) is 2.06. The Bertz CT molecular complexity index is 453. The van der Waals surface area contributed by atoms with Gasteiger partial charge in [-0.1, -0.05) is 18.2 Å². The fourth-order valence-corrected chi connectivity index (χ4v) is 3.52. The van der Waals surface area contributed by atoms with Gasteiger partial charge in [-0.25, -0.2) is 8.42 Å². The van der Waals surface area contributed by atoms with E-state index in [1.165, 1.54) is 4.31 Å². The molecule has 1 heterocycles. The first-order chi connectivity index (χ1) is 8.09. The van der Waals surface area contributed by atoms with E-state index in [2.05, 4.69) is 5.32 Å². The van der Waals surface area contributed by atoms with Crippen molar-refractivity contribution in [3.8, 4) is 0 Å². The third-order valence-corrected chi connectivity index (χ3v) is 4.98. The van der Waals surface area contributed by atoms with Gasteiger partial charge in [0.1, 0.15) is 0 Å². The van der Waals surface area contributed by atoms with Crippen LogP contribution in [0.4, 0.5) is 5.69 Å². The predicted molar refractivity (Wildman–Crippen MR) is 69.7 cm³/mol. The fraction of sp³-hybridized carbons (Fsp3) is 0.500. The Morgan fingerprint density at radius 2 is 2.06 bits per heavy atom. The van der Waals surface area contributed by atoms with Crippen LogP contribution in [0, 0.1) is 0 Å². The molecule has 1 aromatic rings. The maximum Gasteiger partial charge on any atom is 0.236 e. The summed E-state index contributed by atoms with van der Waals surface area (Å²) in [5.41, 5.74) is 0.713. The first-order valence-corrected chi connectivity index (χ1v) is 7.45. The number of sulfonamides is 1. The van der Waals surface area contributed by atoms with Gasteiger partial charge in [0.05, 0.1) is 11.4 Å². The molecular weight excluding hydrogens is 236 g/mol. The van der Waals surface area contributed by atoms with Crippen LogP contribution in [-0.2, 0) is 10.0 Å². The summed E-state index contributed by atoms with van der Waals surface area (Å²) in [4.78, 5) is 0. The highest BCUT2D eigenvalue weighted by Crippen LogP contribution is 2.17. The van der Waals surface area contributed by atoms with Crippen LogP contribution >= 0.6 is 0 Å². The van der Waals surface area contributed by atoms with E-state index >= 15 is 0 Å². The molecule has 1 aromatic carbocycles. The second kappa shape index (κ2) is 5.06. The van der Waals surface area contributed by atoms with Crippen LogP contribution in [0.5, 0.6) is 0 Å². The standard InChI is InChI=1S/C12H18N2O2S/c1-14(12-7-3-2-4-8-12)17(15,16)10-11-6-5-9-13-11/h2-4,7-8,11,13H,5-6,9-10H2,1H3. The molecule has 0 aromatic heterocycles. The zero-order valence-corrected chi connectivity index (χ0v) is 10.8. The van der Waals surface area contributed by atoms with Crippen molar-refractivity contribution >= 4 is 15.7 Å². The van der Waals surface area contributed by atoms with Crippen LogP contribution in [0.15, 0.2) is 30.3 Å². The van der Waals surface area contributed by atoms with Crippen LogP contribution in [-0.4, -0.2) is 33.8 Å². The largest absolute Gasteiger partial charge is 0.313 e. The molecular formula is C12H18N2O2S. The number of nitrogens with zero attached hydrogens (tertiary/aromatic N) is 1. The van der Waals surface area contributed by atoms with Crippen LogP contribution in [0.1, 0.15) is 12.8 Å². The summed E-state index contributed by atoms with van der Waals surface area (Å²) in [5.74, 6) is 0.179. The minimum atomic E-state index is -3.23. The summed E-state index contributed by atoms with van der Waals surface area (Å²) in [6, 6.07) is 9.28. The first-order valence-electron chi connectivity index (χ1n) is 5.84. The Balaban J connectivity index is 2.09. The lowest BCUT2D eigenvalue weighted by atomic mass is 10.3. The van der Waals surface area contributed by atoms with Gasteiger partial charge < -0.3 is 5.32 Å². The second-order valence-corrected chi connectivity index (χ2v) is 6.42. The average Bonchev–Trinajstić information content (AvgIpc) is 2.81. The zero-order valence-electron chi connectivity index (χ0n) is 9.96. The normalized spacial score (nSPS) is 20.4. The molecule has 17 heavy (non-hydrogen) atoms. The second-order valence-electron chi connectivity index (χ2n) is 4.37. The minimum absolute atomic E-state index is 0.103. The lowest BCUT2D eigenvalue weighted by Gasteiger charge is -2.21. The molecule has 0 radical (unpaired) electrons. The summed E-state index contributed by atoms with van der Waals surface area (Å²) in [6.07, 6.45) is 2.01. The Morgan fingerprint density at radius 1 is 1.35 bits per heavy atom.